The predicted octanol–water partition coefficient (Wildman–Crippen LogP) is 2.75. The molecule has 1 aromatic heterocycles. The van der Waals surface area contributed by atoms with Crippen LogP contribution in [0.4, 0.5) is 5.82 Å². The van der Waals surface area contributed by atoms with Gasteiger partial charge in [-0.15, -0.1) is 0 Å². The van der Waals surface area contributed by atoms with Crippen molar-refractivity contribution in [2.75, 3.05) is 12.3 Å². The van der Waals surface area contributed by atoms with E-state index in [4.69, 9.17) is 10.2 Å². The lowest BCUT2D eigenvalue weighted by Gasteiger charge is -2.36. The molecule has 0 aliphatic heterocycles. The molecule has 2 N–H and O–H groups in total. The molecule has 1 heterocycles. The Labute approximate surface area is 169 Å². The van der Waals surface area contributed by atoms with Crippen LogP contribution in [0.5, 0.6) is 0 Å². The molecule has 0 amide bonds. The van der Waals surface area contributed by atoms with E-state index < -0.39 is 19.6 Å². The van der Waals surface area contributed by atoms with Gasteiger partial charge in [0.2, 0.25) is 0 Å². The minimum absolute atomic E-state index is 0.0267. The molecule has 28 heavy (non-hydrogen) atoms. The highest BCUT2D eigenvalue weighted by molar-refractivity contribution is 6.74. The van der Waals surface area contributed by atoms with Crippen LogP contribution in [0.25, 0.3) is 0 Å². The van der Waals surface area contributed by atoms with Gasteiger partial charge in [-0.3, -0.25) is 18.7 Å². The van der Waals surface area contributed by atoms with Gasteiger partial charge in [0.05, 0.1) is 5.56 Å². The fourth-order valence-corrected chi connectivity index (χ4v) is 3.79. The molecule has 0 aliphatic carbocycles. The Morgan fingerprint density at radius 2 is 1.61 bits per heavy atom. The molecule has 1 aromatic rings. The van der Waals surface area contributed by atoms with Gasteiger partial charge in [0, 0.05) is 33.5 Å². The van der Waals surface area contributed by atoms with Crippen molar-refractivity contribution in [1.82, 2.24) is 9.13 Å². The topological polar surface area (TPSA) is 96.3 Å². The Balaban J connectivity index is 2.40. The number of hydrogen-bond donors (Lipinski definition) is 1. The van der Waals surface area contributed by atoms with Crippen LogP contribution in [0, 0.1) is 0 Å². The zero-order chi connectivity index (χ0) is 21.7. The maximum Gasteiger partial charge on any atom is 0.332 e. The van der Waals surface area contributed by atoms with E-state index in [0.717, 1.165) is 36.9 Å². The Morgan fingerprint density at radius 3 is 2.18 bits per heavy atom. The van der Waals surface area contributed by atoms with Crippen LogP contribution in [0.15, 0.2) is 9.59 Å². The number of ketones is 1. The largest absolute Gasteiger partial charge is 0.417 e. The van der Waals surface area contributed by atoms with Gasteiger partial charge < -0.3 is 10.2 Å². The first-order valence-electron chi connectivity index (χ1n) is 9.99. The summed E-state index contributed by atoms with van der Waals surface area (Å²) in [6, 6.07) is 0. The van der Waals surface area contributed by atoms with Crippen LogP contribution in [0.2, 0.25) is 18.1 Å². The highest BCUT2D eigenvalue weighted by Gasteiger charge is 2.36. The lowest BCUT2D eigenvalue weighted by atomic mass is 10.0. The van der Waals surface area contributed by atoms with Crippen molar-refractivity contribution in [3.05, 3.63) is 26.4 Å². The van der Waals surface area contributed by atoms with E-state index in [0.29, 0.717) is 6.42 Å². The second-order valence-electron chi connectivity index (χ2n) is 9.06. The zero-order valence-corrected chi connectivity index (χ0v) is 19.6. The number of Topliss-reactive ketones (excluding diaryl/α,β-unsaturated/α-hetero) is 1. The SMILES string of the molecule is Cn1c(N)c(CC(=O)CCCCCCO[Si](C)(C)C(C)(C)C)c(=O)n(C)c1=O. The number of unbranched alkanes of at least 4 members (excludes halogenated alkanes) is 3. The first kappa shape index (κ1) is 24.4. The van der Waals surface area contributed by atoms with Crippen molar-refractivity contribution < 1.29 is 9.22 Å². The molecule has 160 valence electrons. The summed E-state index contributed by atoms with van der Waals surface area (Å²) in [5.41, 5.74) is 5.09. The summed E-state index contributed by atoms with van der Waals surface area (Å²) in [7, 11) is 1.21. The fourth-order valence-electron chi connectivity index (χ4n) is 2.70. The van der Waals surface area contributed by atoms with E-state index in [2.05, 4.69) is 33.9 Å². The molecular weight excluding hydrogens is 374 g/mol. The summed E-state index contributed by atoms with van der Waals surface area (Å²) in [5.74, 6) is 0.0456. The number of aromatic nitrogens is 2. The summed E-state index contributed by atoms with van der Waals surface area (Å²) in [4.78, 5) is 36.3. The van der Waals surface area contributed by atoms with Crippen LogP contribution in [-0.4, -0.2) is 29.8 Å². The molecule has 7 nitrogen and oxygen atoms in total. The van der Waals surface area contributed by atoms with E-state index in [-0.39, 0.29) is 28.6 Å². The molecule has 0 aliphatic rings. The molecule has 0 atom stereocenters. The second kappa shape index (κ2) is 9.69. The molecule has 0 bridgehead atoms. The number of nitrogens with two attached hydrogens (primary N) is 1. The Bertz CT molecular complexity index is 803. The van der Waals surface area contributed by atoms with Gasteiger partial charge in [0.25, 0.3) is 5.56 Å². The quantitative estimate of drug-likeness (QED) is 0.472. The summed E-state index contributed by atoms with van der Waals surface area (Å²) in [6.07, 6.45) is 4.13. The second-order valence-corrected chi connectivity index (χ2v) is 13.9. The smallest absolute Gasteiger partial charge is 0.332 e. The zero-order valence-electron chi connectivity index (χ0n) is 18.6. The summed E-state index contributed by atoms with van der Waals surface area (Å²) in [6.45, 7) is 12.0. The maximum absolute atomic E-state index is 12.2. The van der Waals surface area contributed by atoms with Gasteiger partial charge in [0.1, 0.15) is 11.6 Å². The Hall–Kier alpha value is -1.67. The van der Waals surface area contributed by atoms with E-state index in [1.54, 1.807) is 0 Å². The molecular formula is C20H37N3O4Si. The van der Waals surface area contributed by atoms with E-state index in [9.17, 15) is 14.4 Å². The van der Waals surface area contributed by atoms with Gasteiger partial charge >= 0.3 is 5.69 Å². The molecule has 0 fully saturated rings. The van der Waals surface area contributed by atoms with Crippen molar-refractivity contribution in [1.29, 1.82) is 0 Å². The number of carbonyl (C=O) groups is 1. The lowest BCUT2D eigenvalue weighted by molar-refractivity contribution is -0.118. The number of nitrogens with zero attached hydrogens (tertiary/aromatic N) is 2. The Kier molecular flexibility index (Phi) is 8.43. The van der Waals surface area contributed by atoms with Crippen molar-refractivity contribution in [2.45, 2.75) is 77.4 Å². The standard InChI is InChI=1S/C20H37N3O4Si/c1-20(2,3)28(6,7)27-13-11-9-8-10-12-15(24)14-16-17(21)22(4)19(26)23(5)18(16)25/h8-14,21H2,1-7H3. The first-order chi connectivity index (χ1) is 12.8. The van der Waals surface area contributed by atoms with Crippen molar-refractivity contribution in [3.63, 3.8) is 0 Å². The molecule has 0 saturated carbocycles. The van der Waals surface area contributed by atoms with Gasteiger partial charge in [-0.25, -0.2) is 4.79 Å². The molecule has 0 saturated heterocycles. The highest BCUT2D eigenvalue weighted by Crippen LogP contribution is 2.36. The molecule has 8 heteroatoms. The van der Waals surface area contributed by atoms with Crippen LogP contribution in [-0.2, 0) is 29.7 Å². The van der Waals surface area contributed by atoms with E-state index in [1.807, 2.05) is 0 Å². The Morgan fingerprint density at radius 1 is 1.04 bits per heavy atom. The molecule has 0 radical (unpaired) electrons. The van der Waals surface area contributed by atoms with Gasteiger partial charge in [-0.1, -0.05) is 33.6 Å². The van der Waals surface area contributed by atoms with Crippen molar-refractivity contribution in [2.24, 2.45) is 14.1 Å². The fraction of sp³-hybridized carbons (Fsp3) is 0.750. The number of carbonyl (C=O) groups excluding carboxylic acids is 1. The first-order valence-corrected chi connectivity index (χ1v) is 12.9. The number of anilines is 1. The number of rotatable bonds is 10. The van der Waals surface area contributed by atoms with Gasteiger partial charge in [-0.2, -0.15) is 0 Å². The van der Waals surface area contributed by atoms with E-state index in [1.165, 1.54) is 18.7 Å². The normalized spacial score (nSPS) is 12.4. The van der Waals surface area contributed by atoms with Crippen molar-refractivity contribution in [3.8, 4) is 0 Å². The van der Waals surface area contributed by atoms with Crippen LogP contribution >= 0.6 is 0 Å². The van der Waals surface area contributed by atoms with Gasteiger partial charge in [0.15, 0.2) is 8.32 Å². The molecule has 0 unspecified atom stereocenters. The number of hydrogen-bond acceptors (Lipinski definition) is 5. The minimum atomic E-state index is -1.68. The molecule has 0 spiro atoms. The third kappa shape index (κ3) is 6.17. The third-order valence-corrected chi connectivity index (χ3v) is 10.3. The lowest BCUT2D eigenvalue weighted by Crippen LogP contribution is -2.41. The molecule has 1 rings (SSSR count). The predicted molar refractivity (Wildman–Crippen MR) is 116 cm³/mol. The minimum Gasteiger partial charge on any atom is -0.417 e. The third-order valence-electron chi connectivity index (χ3n) is 5.80. The molecule has 0 aromatic carbocycles. The average Bonchev–Trinajstić information content (AvgIpc) is 2.60. The van der Waals surface area contributed by atoms with Crippen molar-refractivity contribution >= 4 is 19.9 Å². The maximum atomic E-state index is 12.2. The number of nitrogen functional groups attached to an aromatic ring is 1. The summed E-state index contributed by atoms with van der Waals surface area (Å²) >= 11 is 0. The van der Waals surface area contributed by atoms with Crippen LogP contribution in [0.1, 0.15) is 58.4 Å². The monoisotopic (exact) mass is 411 g/mol. The van der Waals surface area contributed by atoms with Crippen LogP contribution in [0.3, 0.4) is 0 Å². The van der Waals surface area contributed by atoms with E-state index >= 15 is 0 Å². The summed E-state index contributed by atoms with van der Waals surface area (Å²) < 4.78 is 8.34. The van der Waals surface area contributed by atoms with Gasteiger partial charge in [-0.05, 0) is 31.0 Å². The van der Waals surface area contributed by atoms with Crippen LogP contribution < -0.4 is 17.0 Å². The average molecular weight is 412 g/mol. The summed E-state index contributed by atoms with van der Waals surface area (Å²) in [5, 5.41) is 0.221. The highest BCUT2D eigenvalue weighted by atomic mass is 28.4.